The van der Waals surface area contributed by atoms with Crippen LogP contribution in [0.15, 0.2) is 59.4 Å². The van der Waals surface area contributed by atoms with Gasteiger partial charge >= 0.3 is 0 Å². The Morgan fingerprint density at radius 1 is 1.09 bits per heavy atom. The summed E-state index contributed by atoms with van der Waals surface area (Å²) < 4.78 is 20.3. The topological polar surface area (TPSA) is 80.0 Å². The zero-order chi connectivity index (χ0) is 23.7. The first-order chi connectivity index (χ1) is 16.5. The molecular formula is C24H22FN5O3S. The fraction of sp³-hybridized carbons (Fsp3) is 0.250. The number of ether oxygens (including phenoxy) is 1. The minimum Gasteiger partial charge on any atom is -0.481 e. The monoisotopic (exact) mass is 479 g/mol. The van der Waals surface area contributed by atoms with Crippen molar-refractivity contribution >= 4 is 28.0 Å². The summed E-state index contributed by atoms with van der Waals surface area (Å²) in [6, 6.07) is 15.4. The van der Waals surface area contributed by atoms with Crippen molar-refractivity contribution < 1.29 is 13.9 Å². The first-order valence-electron chi connectivity index (χ1n) is 10.9. The largest absolute Gasteiger partial charge is 0.481 e. The summed E-state index contributed by atoms with van der Waals surface area (Å²) in [6.45, 7) is 3.75. The first-order valence-corrected chi connectivity index (χ1v) is 11.7. The van der Waals surface area contributed by atoms with Crippen LogP contribution in [0.4, 0.5) is 10.2 Å². The number of carbonyl (C=O) groups is 1. The Hall–Kier alpha value is -3.79. The zero-order valence-corrected chi connectivity index (χ0v) is 19.3. The van der Waals surface area contributed by atoms with Crippen LogP contribution in [-0.2, 0) is 4.79 Å². The SMILES string of the molecule is Cc1ccc(-c2nn3c(=O)cc(N4CCN(C(=O)COc5ccccc5F)CC4)nc3s2)cc1. The Kier molecular flexibility index (Phi) is 5.97. The molecule has 1 amide bonds. The molecular weight excluding hydrogens is 457 g/mol. The maximum atomic E-state index is 13.7. The summed E-state index contributed by atoms with van der Waals surface area (Å²) in [4.78, 5) is 34.0. The molecule has 0 spiro atoms. The number of aromatic nitrogens is 3. The molecule has 2 aromatic carbocycles. The van der Waals surface area contributed by atoms with Crippen molar-refractivity contribution in [3.8, 4) is 16.3 Å². The highest BCUT2D eigenvalue weighted by atomic mass is 32.1. The predicted octanol–water partition coefficient (Wildman–Crippen LogP) is 2.99. The van der Waals surface area contributed by atoms with Gasteiger partial charge in [0.05, 0.1) is 0 Å². The van der Waals surface area contributed by atoms with Crippen LogP contribution in [0, 0.1) is 12.7 Å². The summed E-state index contributed by atoms with van der Waals surface area (Å²) in [5.74, 6) is -0.0844. The van der Waals surface area contributed by atoms with Crippen LogP contribution in [0.25, 0.3) is 15.5 Å². The molecule has 3 heterocycles. The molecule has 0 unspecified atom stereocenters. The number of aryl methyl sites for hydroxylation is 1. The van der Waals surface area contributed by atoms with E-state index in [9.17, 15) is 14.0 Å². The molecule has 4 aromatic rings. The highest BCUT2D eigenvalue weighted by molar-refractivity contribution is 7.19. The standard InChI is InChI=1S/C24H22FN5O3S/c1-16-6-8-17(9-7-16)23-27-30-21(31)14-20(26-24(30)34-23)28-10-12-29(13-11-28)22(32)15-33-19-5-3-2-4-18(19)25/h2-9,14H,10-13,15H2,1H3. The fourth-order valence-corrected chi connectivity index (χ4v) is 4.66. The Balaban J connectivity index is 1.25. The second kappa shape index (κ2) is 9.22. The summed E-state index contributed by atoms with van der Waals surface area (Å²) >= 11 is 1.36. The third-order valence-corrected chi connectivity index (χ3v) is 6.63. The number of fused-ring (bicyclic) bond motifs is 1. The number of benzene rings is 2. The van der Waals surface area contributed by atoms with Crippen molar-refractivity contribution in [3.63, 3.8) is 0 Å². The van der Waals surface area contributed by atoms with Gasteiger partial charge in [-0.3, -0.25) is 9.59 Å². The molecule has 0 saturated carbocycles. The van der Waals surface area contributed by atoms with Crippen molar-refractivity contribution in [1.82, 2.24) is 19.5 Å². The maximum absolute atomic E-state index is 13.7. The number of hydrogen-bond acceptors (Lipinski definition) is 7. The zero-order valence-electron chi connectivity index (χ0n) is 18.5. The fourth-order valence-electron chi connectivity index (χ4n) is 3.75. The van der Waals surface area contributed by atoms with E-state index in [1.807, 2.05) is 36.1 Å². The lowest BCUT2D eigenvalue weighted by Gasteiger charge is -2.35. The van der Waals surface area contributed by atoms with Gasteiger partial charge in [-0.15, -0.1) is 0 Å². The van der Waals surface area contributed by atoms with Crippen molar-refractivity contribution in [1.29, 1.82) is 0 Å². The Morgan fingerprint density at radius 2 is 1.82 bits per heavy atom. The third-order valence-electron chi connectivity index (χ3n) is 5.67. The van der Waals surface area contributed by atoms with E-state index < -0.39 is 5.82 Å². The van der Waals surface area contributed by atoms with Gasteiger partial charge in [0.1, 0.15) is 10.8 Å². The van der Waals surface area contributed by atoms with E-state index >= 15 is 0 Å². The predicted molar refractivity (Wildman–Crippen MR) is 128 cm³/mol. The summed E-state index contributed by atoms with van der Waals surface area (Å²) in [7, 11) is 0. The van der Waals surface area contributed by atoms with Crippen LogP contribution in [0.3, 0.4) is 0 Å². The third kappa shape index (κ3) is 4.49. The van der Waals surface area contributed by atoms with Gasteiger partial charge in [-0.05, 0) is 19.1 Å². The van der Waals surface area contributed by atoms with Gasteiger partial charge in [-0.1, -0.05) is 53.3 Å². The summed E-state index contributed by atoms with van der Waals surface area (Å²) in [5, 5.41) is 5.16. The van der Waals surface area contributed by atoms with Crippen LogP contribution in [-0.4, -0.2) is 58.2 Å². The van der Waals surface area contributed by atoms with E-state index in [2.05, 4.69) is 10.1 Å². The van der Waals surface area contributed by atoms with Gasteiger partial charge in [-0.2, -0.15) is 9.61 Å². The van der Waals surface area contributed by atoms with Crippen LogP contribution in [0.5, 0.6) is 5.75 Å². The van der Waals surface area contributed by atoms with Crippen molar-refractivity contribution in [2.75, 3.05) is 37.7 Å². The number of rotatable bonds is 5. The number of hydrogen-bond donors (Lipinski definition) is 0. The van der Waals surface area contributed by atoms with Gasteiger partial charge < -0.3 is 14.5 Å². The van der Waals surface area contributed by atoms with Crippen LogP contribution in [0.1, 0.15) is 5.56 Å². The Morgan fingerprint density at radius 3 is 2.56 bits per heavy atom. The highest BCUT2D eigenvalue weighted by Gasteiger charge is 2.23. The smallest absolute Gasteiger partial charge is 0.277 e. The van der Waals surface area contributed by atoms with E-state index in [0.29, 0.717) is 37.0 Å². The van der Waals surface area contributed by atoms with Gasteiger partial charge in [-0.25, -0.2) is 9.37 Å². The van der Waals surface area contributed by atoms with Crippen molar-refractivity contribution in [2.24, 2.45) is 0 Å². The molecule has 1 saturated heterocycles. The molecule has 0 atom stereocenters. The highest BCUT2D eigenvalue weighted by Crippen LogP contribution is 2.25. The number of piperazine rings is 1. The van der Waals surface area contributed by atoms with Crippen LogP contribution < -0.4 is 15.2 Å². The summed E-state index contributed by atoms with van der Waals surface area (Å²) in [5.41, 5.74) is 1.84. The normalized spacial score (nSPS) is 13.9. The van der Waals surface area contributed by atoms with E-state index in [4.69, 9.17) is 4.74 Å². The van der Waals surface area contributed by atoms with Crippen LogP contribution >= 0.6 is 11.3 Å². The average Bonchev–Trinajstić information content (AvgIpc) is 3.29. The maximum Gasteiger partial charge on any atom is 0.277 e. The number of amides is 1. The van der Waals surface area contributed by atoms with Crippen molar-refractivity contribution in [3.05, 3.63) is 76.3 Å². The second-order valence-electron chi connectivity index (χ2n) is 8.01. The number of carbonyl (C=O) groups excluding carboxylic acids is 1. The van der Waals surface area contributed by atoms with Gasteiger partial charge in [0.15, 0.2) is 18.2 Å². The number of nitrogens with zero attached hydrogens (tertiary/aromatic N) is 5. The van der Waals surface area contributed by atoms with Crippen molar-refractivity contribution in [2.45, 2.75) is 6.92 Å². The van der Waals surface area contributed by atoms with E-state index in [0.717, 1.165) is 16.1 Å². The molecule has 1 fully saturated rings. The molecule has 0 aliphatic carbocycles. The van der Waals surface area contributed by atoms with Gasteiger partial charge in [0.25, 0.3) is 11.5 Å². The minimum absolute atomic E-state index is 0.0574. The number of para-hydroxylation sites is 1. The Bertz CT molecular complexity index is 1390. The molecule has 8 nitrogen and oxygen atoms in total. The van der Waals surface area contributed by atoms with E-state index in [1.165, 1.54) is 34.1 Å². The number of halogens is 1. The molecule has 0 N–H and O–H groups in total. The molecule has 1 aliphatic rings. The Labute approximate surface area is 198 Å². The quantitative estimate of drug-likeness (QED) is 0.438. The molecule has 34 heavy (non-hydrogen) atoms. The lowest BCUT2D eigenvalue weighted by Crippen LogP contribution is -2.50. The minimum atomic E-state index is -0.499. The van der Waals surface area contributed by atoms with E-state index in [1.54, 1.807) is 17.0 Å². The molecule has 2 aromatic heterocycles. The second-order valence-corrected chi connectivity index (χ2v) is 8.96. The molecule has 174 valence electrons. The lowest BCUT2D eigenvalue weighted by atomic mass is 10.2. The molecule has 10 heteroatoms. The summed E-state index contributed by atoms with van der Waals surface area (Å²) in [6.07, 6.45) is 0. The molecule has 5 rings (SSSR count). The first kappa shape index (κ1) is 22.0. The molecule has 0 radical (unpaired) electrons. The van der Waals surface area contributed by atoms with E-state index in [-0.39, 0.29) is 23.8 Å². The average molecular weight is 480 g/mol. The van der Waals surface area contributed by atoms with Crippen LogP contribution in [0.2, 0.25) is 0 Å². The van der Waals surface area contributed by atoms with Gasteiger partial charge in [0.2, 0.25) is 4.96 Å². The lowest BCUT2D eigenvalue weighted by molar-refractivity contribution is -0.133. The number of anilines is 1. The molecule has 1 aliphatic heterocycles. The van der Waals surface area contributed by atoms with Gasteiger partial charge in [0, 0.05) is 37.8 Å². The molecule has 0 bridgehead atoms.